The van der Waals surface area contributed by atoms with Gasteiger partial charge in [0.1, 0.15) is 4.75 Å². The second kappa shape index (κ2) is 5.94. The Hall–Kier alpha value is -0.510. The van der Waals surface area contributed by atoms with Gasteiger partial charge in [-0.1, -0.05) is 38.5 Å². The molecule has 2 fully saturated rings. The van der Waals surface area contributed by atoms with E-state index in [1.807, 2.05) is 0 Å². The number of nitrogens with zero attached hydrogens (tertiary/aromatic N) is 1. The molecule has 0 aromatic rings. The van der Waals surface area contributed by atoms with Gasteiger partial charge in [-0.3, -0.25) is 4.79 Å². The quantitative estimate of drug-likeness (QED) is 0.839. The predicted molar refractivity (Wildman–Crippen MR) is 89.5 cm³/mol. The summed E-state index contributed by atoms with van der Waals surface area (Å²) < 4.78 is -0.199. The number of amidine groups is 1. The molecule has 2 aliphatic carbocycles. The van der Waals surface area contributed by atoms with Gasteiger partial charge in [0, 0.05) is 6.04 Å². The molecule has 4 heteroatoms. The van der Waals surface area contributed by atoms with Gasteiger partial charge in [0.25, 0.3) is 5.91 Å². The number of hydrogen-bond donors (Lipinski definition) is 1. The Kier molecular flexibility index (Phi) is 4.35. The summed E-state index contributed by atoms with van der Waals surface area (Å²) in [6.07, 6.45) is 8.34. The zero-order valence-corrected chi connectivity index (χ0v) is 14.3. The van der Waals surface area contributed by atoms with Crippen LogP contribution in [0, 0.1) is 17.8 Å². The van der Waals surface area contributed by atoms with Crippen molar-refractivity contribution in [3.05, 3.63) is 0 Å². The number of aliphatic imine (C=N–C) groups is 1. The standard InChI is InChI=1S/C17H28N2OS/c1-11-8-12(2)10-14(9-11)13(3)18-16-19-15(20)17(21-16)6-4-5-7-17/h11-14H,4-10H2,1-3H3,(H,18,19,20). The van der Waals surface area contributed by atoms with Crippen LogP contribution in [0.2, 0.25) is 0 Å². The molecule has 0 radical (unpaired) electrons. The third-order valence-electron chi connectivity index (χ3n) is 5.57. The molecule has 118 valence electrons. The van der Waals surface area contributed by atoms with Crippen LogP contribution in [0.25, 0.3) is 0 Å². The Morgan fingerprint density at radius 3 is 2.43 bits per heavy atom. The first-order valence-corrected chi connectivity index (χ1v) is 9.39. The fourth-order valence-electron chi connectivity index (χ4n) is 4.50. The van der Waals surface area contributed by atoms with E-state index in [0.717, 1.165) is 29.8 Å². The van der Waals surface area contributed by atoms with Gasteiger partial charge in [0.15, 0.2) is 5.17 Å². The second-order valence-electron chi connectivity index (χ2n) is 7.64. The molecular weight excluding hydrogens is 280 g/mol. The minimum absolute atomic E-state index is 0.116. The Morgan fingerprint density at radius 1 is 1.19 bits per heavy atom. The van der Waals surface area contributed by atoms with Crippen molar-refractivity contribution in [3.63, 3.8) is 0 Å². The van der Waals surface area contributed by atoms with Crippen LogP contribution < -0.4 is 5.32 Å². The van der Waals surface area contributed by atoms with Gasteiger partial charge in [-0.15, -0.1) is 0 Å². The Morgan fingerprint density at radius 2 is 1.81 bits per heavy atom. The number of nitrogens with one attached hydrogen (secondary N) is 1. The fraction of sp³-hybridized carbons (Fsp3) is 0.882. The summed E-state index contributed by atoms with van der Waals surface area (Å²) in [5.41, 5.74) is 0. The van der Waals surface area contributed by atoms with Crippen LogP contribution in [-0.4, -0.2) is 21.9 Å². The lowest BCUT2D eigenvalue weighted by Crippen LogP contribution is -2.40. The van der Waals surface area contributed by atoms with E-state index >= 15 is 0 Å². The van der Waals surface area contributed by atoms with Crippen molar-refractivity contribution in [1.29, 1.82) is 0 Å². The number of carbonyl (C=O) groups excluding carboxylic acids is 1. The highest BCUT2D eigenvalue weighted by Gasteiger charge is 2.47. The van der Waals surface area contributed by atoms with Crippen LogP contribution in [-0.2, 0) is 4.79 Å². The first-order chi connectivity index (χ1) is 9.98. The molecule has 0 bridgehead atoms. The topological polar surface area (TPSA) is 41.5 Å². The van der Waals surface area contributed by atoms with E-state index in [0.29, 0.717) is 12.0 Å². The molecule has 3 rings (SSSR count). The SMILES string of the molecule is CC1CC(C)CC(C(C)NC2=NC(=O)C3(CCCC3)S2)C1. The van der Waals surface area contributed by atoms with Gasteiger partial charge in [-0.05, 0) is 56.8 Å². The lowest BCUT2D eigenvalue weighted by atomic mass is 9.74. The number of amides is 1. The maximum atomic E-state index is 12.2. The molecule has 1 spiro atoms. The summed E-state index contributed by atoms with van der Waals surface area (Å²) in [5, 5.41) is 4.45. The van der Waals surface area contributed by atoms with E-state index in [2.05, 4.69) is 31.1 Å². The fourth-order valence-corrected chi connectivity index (χ4v) is 5.87. The smallest absolute Gasteiger partial charge is 0.264 e. The molecule has 3 aliphatic rings. The zero-order valence-electron chi connectivity index (χ0n) is 13.5. The van der Waals surface area contributed by atoms with Crippen molar-refractivity contribution in [3.8, 4) is 0 Å². The van der Waals surface area contributed by atoms with Gasteiger partial charge in [0.2, 0.25) is 0 Å². The summed E-state index contributed by atoms with van der Waals surface area (Å²) in [6, 6.07) is 0.422. The molecule has 3 atom stereocenters. The average Bonchev–Trinajstić information content (AvgIpc) is 2.97. The van der Waals surface area contributed by atoms with Gasteiger partial charge in [-0.25, -0.2) is 0 Å². The van der Waals surface area contributed by atoms with Gasteiger partial charge < -0.3 is 5.32 Å². The number of carbonyl (C=O) groups is 1. The van der Waals surface area contributed by atoms with E-state index < -0.39 is 0 Å². The summed E-state index contributed by atoms with van der Waals surface area (Å²) in [6.45, 7) is 7.01. The van der Waals surface area contributed by atoms with Crippen molar-refractivity contribution < 1.29 is 4.79 Å². The Bertz CT molecular complexity index is 432. The Labute approximate surface area is 132 Å². The highest BCUT2D eigenvalue weighted by atomic mass is 32.2. The van der Waals surface area contributed by atoms with E-state index in [4.69, 9.17) is 0 Å². The average molecular weight is 308 g/mol. The first kappa shape index (κ1) is 15.4. The van der Waals surface area contributed by atoms with Crippen LogP contribution >= 0.6 is 11.8 Å². The lowest BCUT2D eigenvalue weighted by Gasteiger charge is -2.35. The Balaban J connectivity index is 1.59. The van der Waals surface area contributed by atoms with Crippen LogP contribution in [0.3, 0.4) is 0 Å². The molecule has 2 saturated carbocycles. The summed E-state index contributed by atoms with van der Waals surface area (Å²) in [7, 11) is 0. The first-order valence-electron chi connectivity index (χ1n) is 8.57. The molecular formula is C17H28N2OS. The maximum absolute atomic E-state index is 12.2. The van der Waals surface area contributed by atoms with Crippen molar-refractivity contribution in [2.45, 2.75) is 76.5 Å². The maximum Gasteiger partial charge on any atom is 0.264 e. The lowest BCUT2D eigenvalue weighted by molar-refractivity contribution is -0.119. The third-order valence-corrected chi connectivity index (χ3v) is 6.95. The highest BCUT2D eigenvalue weighted by Crippen LogP contribution is 2.46. The van der Waals surface area contributed by atoms with E-state index in [-0.39, 0.29) is 10.7 Å². The minimum atomic E-state index is -0.199. The van der Waals surface area contributed by atoms with Crippen molar-refractivity contribution in [2.24, 2.45) is 22.7 Å². The monoisotopic (exact) mass is 308 g/mol. The molecule has 1 N–H and O–H groups in total. The summed E-state index contributed by atoms with van der Waals surface area (Å²) >= 11 is 1.71. The van der Waals surface area contributed by atoms with Gasteiger partial charge >= 0.3 is 0 Å². The molecule has 1 heterocycles. The predicted octanol–water partition coefficient (Wildman–Crippen LogP) is 3.98. The molecule has 0 aromatic carbocycles. The largest absolute Gasteiger partial charge is 0.362 e. The van der Waals surface area contributed by atoms with E-state index in [9.17, 15) is 4.79 Å². The molecule has 0 saturated heterocycles. The zero-order chi connectivity index (χ0) is 15.0. The molecule has 1 aliphatic heterocycles. The van der Waals surface area contributed by atoms with Gasteiger partial charge in [0.05, 0.1) is 0 Å². The molecule has 21 heavy (non-hydrogen) atoms. The van der Waals surface area contributed by atoms with E-state index in [1.165, 1.54) is 32.1 Å². The van der Waals surface area contributed by atoms with Gasteiger partial charge in [-0.2, -0.15) is 4.99 Å². The van der Waals surface area contributed by atoms with Crippen molar-refractivity contribution >= 4 is 22.8 Å². The molecule has 1 amide bonds. The van der Waals surface area contributed by atoms with E-state index in [1.54, 1.807) is 11.8 Å². The second-order valence-corrected chi connectivity index (χ2v) is 9.01. The summed E-state index contributed by atoms with van der Waals surface area (Å²) in [4.78, 5) is 16.5. The normalized spacial score (nSPS) is 36.8. The highest BCUT2D eigenvalue weighted by molar-refractivity contribution is 8.16. The van der Waals surface area contributed by atoms with Crippen LogP contribution in [0.15, 0.2) is 4.99 Å². The van der Waals surface area contributed by atoms with Crippen molar-refractivity contribution in [1.82, 2.24) is 5.32 Å². The molecule has 3 nitrogen and oxygen atoms in total. The number of hydrogen-bond acceptors (Lipinski definition) is 3. The minimum Gasteiger partial charge on any atom is -0.362 e. The number of rotatable bonds is 2. The number of thioether (sulfide) groups is 1. The summed E-state index contributed by atoms with van der Waals surface area (Å²) in [5.74, 6) is 2.47. The van der Waals surface area contributed by atoms with Crippen LogP contribution in [0.1, 0.15) is 65.7 Å². The van der Waals surface area contributed by atoms with Crippen molar-refractivity contribution in [2.75, 3.05) is 0 Å². The third kappa shape index (κ3) is 3.15. The molecule has 3 unspecified atom stereocenters. The van der Waals surface area contributed by atoms with Crippen LogP contribution in [0.5, 0.6) is 0 Å². The molecule has 0 aromatic heterocycles. The van der Waals surface area contributed by atoms with Crippen LogP contribution in [0.4, 0.5) is 0 Å².